The maximum atomic E-state index is 13.8. The van der Waals surface area contributed by atoms with E-state index >= 15 is 0 Å². The maximum absolute atomic E-state index is 13.8. The lowest BCUT2D eigenvalue weighted by Gasteiger charge is -2.27. The molecule has 0 bridgehead atoms. The first-order valence-electron chi connectivity index (χ1n) is 5.11. The number of nitrogens with zero attached hydrogens (tertiary/aromatic N) is 4. The minimum absolute atomic E-state index is 0.161. The highest BCUT2D eigenvalue weighted by molar-refractivity contribution is 5.65. The highest BCUT2D eigenvalue weighted by Crippen LogP contribution is 2.28. The van der Waals surface area contributed by atoms with Gasteiger partial charge in [0.05, 0.1) is 5.56 Å². The third-order valence-electron chi connectivity index (χ3n) is 2.46. The lowest BCUT2D eigenvalue weighted by Crippen LogP contribution is -2.41. The van der Waals surface area contributed by atoms with Crippen molar-refractivity contribution in [1.82, 2.24) is 20.2 Å². The maximum Gasteiger partial charge on any atom is 0.407 e. The molecule has 0 aliphatic rings. The summed E-state index contributed by atoms with van der Waals surface area (Å²) >= 11 is 0. The Kier molecular flexibility index (Phi) is 3.11. The van der Waals surface area contributed by atoms with E-state index in [0.717, 1.165) is 23.3 Å². The molecule has 2 aromatic rings. The number of hydrogen-bond donors (Lipinski definition) is 1. The van der Waals surface area contributed by atoms with E-state index in [1.165, 1.54) is 6.92 Å². The number of aromatic nitrogens is 4. The van der Waals surface area contributed by atoms with Crippen LogP contribution in [0.4, 0.5) is 13.6 Å². The second-order valence-corrected chi connectivity index (χ2v) is 3.75. The molecule has 0 aliphatic heterocycles. The predicted molar refractivity (Wildman–Crippen MR) is 57.6 cm³/mol. The Bertz CT molecular complexity index is 604. The summed E-state index contributed by atoms with van der Waals surface area (Å²) in [4.78, 5) is 11.8. The molecule has 0 saturated heterocycles. The predicted octanol–water partition coefficient (Wildman–Crippen LogP) is 0.768. The Balaban J connectivity index is 2.57. The number of amides is 1. The molecule has 1 aromatic heterocycles. The Morgan fingerprint density at radius 3 is 2.74 bits per heavy atom. The summed E-state index contributed by atoms with van der Waals surface area (Å²) in [5.41, 5.74) is 3.03. The number of benzene rings is 1. The van der Waals surface area contributed by atoms with Gasteiger partial charge in [0.25, 0.3) is 5.72 Å². The standard InChI is InChI=1S/C10H9F2N5O2/c1-10(19-9(13)18,17-15-5-14-16-17)7-3-2-6(11)4-8(7)12/h2-5H,1H3,(H2,13,18). The molecule has 9 heteroatoms. The summed E-state index contributed by atoms with van der Waals surface area (Å²) in [5.74, 6) is -1.70. The first-order chi connectivity index (χ1) is 8.93. The van der Waals surface area contributed by atoms with Crippen LogP contribution in [0.25, 0.3) is 0 Å². The fourth-order valence-electron chi connectivity index (χ4n) is 1.63. The van der Waals surface area contributed by atoms with Gasteiger partial charge in [-0.15, -0.1) is 15.0 Å². The highest BCUT2D eigenvalue weighted by Gasteiger charge is 2.38. The average Bonchev–Trinajstić information content (AvgIpc) is 2.81. The first kappa shape index (κ1) is 12.9. The second kappa shape index (κ2) is 4.59. The van der Waals surface area contributed by atoms with Gasteiger partial charge in [0.15, 0.2) is 6.33 Å². The fourth-order valence-corrected chi connectivity index (χ4v) is 1.63. The van der Waals surface area contributed by atoms with E-state index in [2.05, 4.69) is 15.4 Å². The minimum Gasteiger partial charge on any atom is -0.415 e. The van der Waals surface area contributed by atoms with Crippen molar-refractivity contribution in [3.63, 3.8) is 0 Å². The molecule has 7 nitrogen and oxygen atoms in total. The van der Waals surface area contributed by atoms with Crippen molar-refractivity contribution >= 4 is 6.09 Å². The van der Waals surface area contributed by atoms with Crippen LogP contribution in [-0.2, 0) is 10.5 Å². The lowest BCUT2D eigenvalue weighted by atomic mass is 10.0. The zero-order valence-corrected chi connectivity index (χ0v) is 9.75. The SMILES string of the molecule is CC(OC(N)=O)(c1ccc(F)cc1F)n1ncnn1. The molecule has 100 valence electrons. The van der Waals surface area contributed by atoms with E-state index in [1.807, 2.05) is 0 Å². The van der Waals surface area contributed by atoms with Crippen molar-refractivity contribution < 1.29 is 18.3 Å². The molecule has 0 fully saturated rings. The quantitative estimate of drug-likeness (QED) is 0.887. The van der Waals surface area contributed by atoms with Crippen LogP contribution < -0.4 is 5.73 Å². The van der Waals surface area contributed by atoms with Gasteiger partial charge in [0.1, 0.15) is 11.6 Å². The van der Waals surface area contributed by atoms with Crippen LogP contribution in [0.15, 0.2) is 24.5 Å². The van der Waals surface area contributed by atoms with E-state index in [0.29, 0.717) is 6.07 Å². The average molecular weight is 269 g/mol. The Labute approximate surface area is 106 Å². The minimum atomic E-state index is -1.76. The molecule has 0 radical (unpaired) electrons. The Morgan fingerprint density at radius 2 is 2.21 bits per heavy atom. The Hall–Kier alpha value is -2.58. The van der Waals surface area contributed by atoms with E-state index in [9.17, 15) is 13.6 Å². The zero-order chi connectivity index (χ0) is 14.0. The number of carbonyl (C=O) groups excluding carboxylic acids is 1. The summed E-state index contributed by atoms with van der Waals surface area (Å²) < 4.78 is 31.6. The molecule has 1 amide bonds. The number of tetrazole rings is 1. The molecule has 1 aromatic carbocycles. The third kappa shape index (κ3) is 2.34. The molecule has 0 spiro atoms. The van der Waals surface area contributed by atoms with Gasteiger partial charge in [-0.1, -0.05) is 0 Å². The monoisotopic (exact) mass is 269 g/mol. The molecule has 1 unspecified atom stereocenters. The van der Waals surface area contributed by atoms with Crippen LogP contribution in [0.5, 0.6) is 0 Å². The number of carbonyl (C=O) groups is 1. The van der Waals surface area contributed by atoms with Crippen LogP contribution in [0, 0.1) is 11.6 Å². The molecule has 0 saturated carbocycles. The summed E-state index contributed by atoms with van der Waals surface area (Å²) in [7, 11) is 0. The van der Waals surface area contributed by atoms with Crippen LogP contribution in [0.2, 0.25) is 0 Å². The van der Waals surface area contributed by atoms with E-state index < -0.39 is 23.5 Å². The van der Waals surface area contributed by atoms with Crippen molar-refractivity contribution in [3.8, 4) is 0 Å². The van der Waals surface area contributed by atoms with Crippen molar-refractivity contribution in [2.24, 2.45) is 5.73 Å². The summed E-state index contributed by atoms with van der Waals surface area (Å²) in [6, 6.07) is 2.77. The lowest BCUT2D eigenvalue weighted by molar-refractivity contribution is -0.0210. The molecule has 2 rings (SSSR count). The van der Waals surface area contributed by atoms with Crippen LogP contribution in [0.3, 0.4) is 0 Å². The molecule has 19 heavy (non-hydrogen) atoms. The van der Waals surface area contributed by atoms with Gasteiger partial charge in [-0.3, -0.25) is 0 Å². The van der Waals surface area contributed by atoms with Gasteiger partial charge in [0, 0.05) is 13.0 Å². The fraction of sp³-hybridized carbons (Fsp3) is 0.200. The first-order valence-corrected chi connectivity index (χ1v) is 5.11. The highest BCUT2D eigenvalue weighted by atomic mass is 19.1. The van der Waals surface area contributed by atoms with E-state index in [4.69, 9.17) is 10.5 Å². The number of primary amides is 1. The number of halogens is 2. The van der Waals surface area contributed by atoms with Gasteiger partial charge < -0.3 is 10.5 Å². The van der Waals surface area contributed by atoms with Gasteiger partial charge in [-0.05, 0) is 17.3 Å². The van der Waals surface area contributed by atoms with Crippen LogP contribution >= 0.6 is 0 Å². The van der Waals surface area contributed by atoms with Gasteiger partial charge in [-0.25, -0.2) is 13.6 Å². The molecule has 1 heterocycles. The van der Waals surface area contributed by atoms with Crippen molar-refractivity contribution in [2.75, 3.05) is 0 Å². The van der Waals surface area contributed by atoms with Crippen LogP contribution in [0.1, 0.15) is 12.5 Å². The molecular formula is C10H9F2N5O2. The van der Waals surface area contributed by atoms with Gasteiger partial charge in [-0.2, -0.15) is 0 Å². The second-order valence-electron chi connectivity index (χ2n) is 3.75. The summed E-state index contributed by atoms with van der Waals surface area (Å²) in [5, 5.41) is 10.7. The van der Waals surface area contributed by atoms with Crippen molar-refractivity contribution in [2.45, 2.75) is 12.6 Å². The molecule has 0 aliphatic carbocycles. The largest absolute Gasteiger partial charge is 0.415 e. The summed E-state index contributed by atoms with van der Waals surface area (Å²) in [6.07, 6.45) is -0.0900. The Morgan fingerprint density at radius 1 is 1.47 bits per heavy atom. The third-order valence-corrected chi connectivity index (χ3v) is 2.46. The molecule has 2 N–H and O–H groups in total. The number of ether oxygens (including phenoxy) is 1. The topological polar surface area (TPSA) is 95.9 Å². The van der Waals surface area contributed by atoms with Gasteiger partial charge >= 0.3 is 6.09 Å². The number of rotatable bonds is 3. The smallest absolute Gasteiger partial charge is 0.407 e. The number of nitrogens with two attached hydrogens (primary N) is 1. The number of hydrogen-bond acceptors (Lipinski definition) is 5. The van der Waals surface area contributed by atoms with Gasteiger partial charge in [0.2, 0.25) is 0 Å². The normalized spacial score (nSPS) is 13.8. The molecule has 1 atom stereocenters. The summed E-state index contributed by atoms with van der Waals surface area (Å²) in [6.45, 7) is 1.30. The van der Waals surface area contributed by atoms with E-state index in [-0.39, 0.29) is 5.56 Å². The zero-order valence-electron chi connectivity index (χ0n) is 9.75. The van der Waals surface area contributed by atoms with Crippen molar-refractivity contribution in [3.05, 3.63) is 41.7 Å². The van der Waals surface area contributed by atoms with Crippen LogP contribution in [-0.4, -0.2) is 26.3 Å². The van der Waals surface area contributed by atoms with E-state index in [1.54, 1.807) is 0 Å². The molecular weight excluding hydrogens is 260 g/mol. The van der Waals surface area contributed by atoms with Crippen molar-refractivity contribution in [1.29, 1.82) is 0 Å².